The first kappa shape index (κ1) is 23.8. The topological polar surface area (TPSA) is 58.6 Å². The maximum Gasteiger partial charge on any atom is 0.242 e. The van der Waals surface area contributed by atoms with Crippen LogP contribution in [0.3, 0.4) is 0 Å². The SMILES string of the molecule is CCC(C(=O)NCC(C)C)N(Cc1cccc(OC)c1)C(=O)CSc1ccccc1. The summed E-state index contributed by atoms with van der Waals surface area (Å²) in [7, 11) is 1.62. The van der Waals surface area contributed by atoms with E-state index in [1.54, 1.807) is 12.0 Å². The third-order valence-electron chi connectivity index (χ3n) is 4.66. The van der Waals surface area contributed by atoms with E-state index in [2.05, 4.69) is 19.2 Å². The fourth-order valence-electron chi connectivity index (χ4n) is 3.05. The number of rotatable bonds is 11. The quantitative estimate of drug-likeness (QED) is 0.540. The van der Waals surface area contributed by atoms with Crippen molar-refractivity contribution < 1.29 is 14.3 Å². The lowest BCUT2D eigenvalue weighted by atomic mass is 10.1. The predicted octanol–water partition coefficient (Wildman–Crippen LogP) is 4.37. The van der Waals surface area contributed by atoms with Crippen molar-refractivity contribution in [3.8, 4) is 5.75 Å². The van der Waals surface area contributed by atoms with Crippen LogP contribution in [0.2, 0.25) is 0 Å². The first-order chi connectivity index (χ1) is 14.4. The van der Waals surface area contributed by atoms with Crippen LogP contribution in [0, 0.1) is 5.92 Å². The van der Waals surface area contributed by atoms with Crippen LogP contribution in [0.4, 0.5) is 0 Å². The average molecular weight is 429 g/mol. The van der Waals surface area contributed by atoms with E-state index in [9.17, 15) is 9.59 Å². The van der Waals surface area contributed by atoms with Crippen LogP contribution < -0.4 is 10.1 Å². The molecule has 2 amide bonds. The summed E-state index contributed by atoms with van der Waals surface area (Å²) >= 11 is 1.49. The summed E-state index contributed by atoms with van der Waals surface area (Å²) in [6.07, 6.45) is 0.551. The van der Waals surface area contributed by atoms with Gasteiger partial charge >= 0.3 is 0 Å². The molecule has 30 heavy (non-hydrogen) atoms. The summed E-state index contributed by atoms with van der Waals surface area (Å²) in [6, 6.07) is 16.9. The van der Waals surface area contributed by atoms with Gasteiger partial charge in [0.25, 0.3) is 0 Å². The molecular weight excluding hydrogens is 396 g/mol. The zero-order valence-corrected chi connectivity index (χ0v) is 19.1. The summed E-state index contributed by atoms with van der Waals surface area (Å²) in [6.45, 7) is 7.00. The Morgan fingerprint density at radius 1 is 1.10 bits per heavy atom. The van der Waals surface area contributed by atoms with Gasteiger partial charge in [-0.1, -0.05) is 51.1 Å². The van der Waals surface area contributed by atoms with Gasteiger partial charge in [-0.25, -0.2) is 0 Å². The second-order valence-corrected chi connectivity index (χ2v) is 8.59. The summed E-state index contributed by atoms with van der Waals surface area (Å²) in [4.78, 5) is 28.8. The zero-order chi connectivity index (χ0) is 21.9. The standard InChI is InChI=1S/C24H32N2O3S/c1-5-22(24(28)25-15-18(2)3)26(16-19-10-9-11-20(14-19)29-4)23(27)17-30-21-12-7-6-8-13-21/h6-14,18,22H,5,15-17H2,1-4H3,(H,25,28). The second-order valence-electron chi connectivity index (χ2n) is 7.54. The number of carbonyl (C=O) groups excluding carboxylic acids is 2. The Hall–Kier alpha value is -2.47. The monoisotopic (exact) mass is 428 g/mol. The van der Waals surface area contributed by atoms with E-state index in [0.717, 1.165) is 16.2 Å². The summed E-state index contributed by atoms with van der Waals surface area (Å²) in [5, 5.41) is 2.99. The van der Waals surface area contributed by atoms with Gasteiger partial charge in [0, 0.05) is 18.0 Å². The molecule has 0 saturated heterocycles. The molecule has 6 heteroatoms. The van der Waals surface area contributed by atoms with Crippen LogP contribution in [0.25, 0.3) is 0 Å². The average Bonchev–Trinajstić information content (AvgIpc) is 2.76. The van der Waals surface area contributed by atoms with E-state index in [0.29, 0.717) is 25.4 Å². The van der Waals surface area contributed by atoms with E-state index in [1.807, 2.05) is 61.5 Å². The van der Waals surface area contributed by atoms with Crippen LogP contribution >= 0.6 is 11.8 Å². The minimum Gasteiger partial charge on any atom is -0.497 e. The molecule has 162 valence electrons. The minimum atomic E-state index is -0.515. The van der Waals surface area contributed by atoms with Crippen LogP contribution in [0.1, 0.15) is 32.8 Å². The molecule has 5 nitrogen and oxygen atoms in total. The number of hydrogen-bond donors (Lipinski definition) is 1. The van der Waals surface area contributed by atoms with Crippen molar-refractivity contribution >= 4 is 23.6 Å². The summed E-state index contributed by atoms with van der Waals surface area (Å²) < 4.78 is 5.31. The molecule has 0 aliphatic rings. The molecule has 0 aliphatic carbocycles. The molecule has 2 rings (SSSR count). The number of ether oxygens (including phenoxy) is 1. The molecule has 0 bridgehead atoms. The molecule has 0 spiro atoms. The largest absolute Gasteiger partial charge is 0.497 e. The number of thioether (sulfide) groups is 1. The highest BCUT2D eigenvalue weighted by molar-refractivity contribution is 8.00. The molecular formula is C24H32N2O3S. The van der Waals surface area contributed by atoms with Crippen molar-refractivity contribution in [3.63, 3.8) is 0 Å². The van der Waals surface area contributed by atoms with Crippen LogP contribution in [0.15, 0.2) is 59.5 Å². The van der Waals surface area contributed by atoms with Crippen LogP contribution in [-0.4, -0.2) is 42.2 Å². The number of nitrogens with zero attached hydrogens (tertiary/aromatic N) is 1. The van der Waals surface area contributed by atoms with Crippen molar-refractivity contribution in [2.24, 2.45) is 5.92 Å². The highest BCUT2D eigenvalue weighted by Gasteiger charge is 2.28. The summed E-state index contributed by atoms with van der Waals surface area (Å²) in [5.41, 5.74) is 0.933. The zero-order valence-electron chi connectivity index (χ0n) is 18.3. The highest BCUT2D eigenvalue weighted by Crippen LogP contribution is 2.21. The van der Waals surface area contributed by atoms with Gasteiger partial charge < -0.3 is 15.0 Å². The van der Waals surface area contributed by atoms with Crippen LogP contribution in [-0.2, 0) is 16.1 Å². The molecule has 0 heterocycles. The van der Waals surface area contributed by atoms with Gasteiger partial charge in [0.05, 0.1) is 12.9 Å². The van der Waals surface area contributed by atoms with Gasteiger partial charge in [0.1, 0.15) is 11.8 Å². The fraction of sp³-hybridized carbons (Fsp3) is 0.417. The van der Waals surface area contributed by atoms with Crippen molar-refractivity contribution in [2.45, 2.75) is 44.7 Å². The van der Waals surface area contributed by atoms with E-state index >= 15 is 0 Å². The minimum absolute atomic E-state index is 0.0572. The van der Waals surface area contributed by atoms with E-state index in [1.165, 1.54) is 11.8 Å². The molecule has 0 fully saturated rings. The second kappa shape index (κ2) is 12.3. The molecule has 2 aromatic rings. The first-order valence-corrected chi connectivity index (χ1v) is 11.3. The van der Waals surface area contributed by atoms with Crippen LogP contribution in [0.5, 0.6) is 5.75 Å². The van der Waals surface area contributed by atoms with Gasteiger partial charge in [0.2, 0.25) is 11.8 Å². The molecule has 0 saturated carbocycles. The number of amides is 2. The van der Waals surface area contributed by atoms with Gasteiger partial charge in [-0.3, -0.25) is 9.59 Å². The maximum atomic E-state index is 13.2. The third kappa shape index (κ3) is 7.41. The van der Waals surface area contributed by atoms with Crippen molar-refractivity contribution in [1.29, 1.82) is 0 Å². The first-order valence-electron chi connectivity index (χ1n) is 10.3. The Bertz CT molecular complexity index is 811. The lowest BCUT2D eigenvalue weighted by Crippen LogP contribution is -2.50. The molecule has 1 unspecified atom stereocenters. The normalized spacial score (nSPS) is 11.8. The van der Waals surface area contributed by atoms with Crippen molar-refractivity contribution in [3.05, 3.63) is 60.2 Å². The van der Waals surface area contributed by atoms with Gasteiger partial charge in [-0.15, -0.1) is 11.8 Å². The molecule has 1 atom stereocenters. The molecule has 0 radical (unpaired) electrons. The number of nitrogens with one attached hydrogen (secondary N) is 1. The Labute approximate surface area is 184 Å². The molecule has 2 aromatic carbocycles. The Balaban J connectivity index is 2.20. The lowest BCUT2D eigenvalue weighted by molar-refractivity contribution is -0.139. The number of hydrogen-bond acceptors (Lipinski definition) is 4. The van der Waals surface area contributed by atoms with E-state index in [4.69, 9.17) is 4.74 Å². The fourth-order valence-corrected chi connectivity index (χ4v) is 3.86. The van der Waals surface area contributed by atoms with E-state index < -0.39 is 6.04 Å². The smallest absolute Gasteiger partial charge is 0.242 e. The third-order valence-corrected chi connectivity index (χ3v) is 5.66. The summed E-state index contributed by atoms with van der Waals surface area (Å²) in [5.74, 6) is 1.20. The predicted molar refractivity (Wildman–Crippen MR) is 123 cm³/mol. The number of carbonyl (C=O) groups is 2. The Kier molecular flexibility index (Phi) is 9.74. The molecule has 0 aliphatic heterocycles. The molecule has 0 aromatic heterocycles. The highest BCUT2D eigenvalue weighted by atomic mass is 32.2. The van der Waals surface area contributed by atoms with Crippen molar-refractivity contribution in [1.82, 2.24) is 10.2 Å². The number of benzene rings is 2. The van der Waals surface area contributed by atoms with Gasteiger partial charge in [0.15, 0.2) is 0 Å². The van der Waals surface area contributed by atoms with Gasteiger partial charge in [-0.05, 0) is 42.2 Å². The van der Waals surface area contributed by atoms with E-state index in [-0.39, 0.29) is 17.6 Å². The maximum absolute atomic E-state index is 13.2. The van der Waals surface area contributed by atoms with Gasteiger partial charge in [-0.2, -0.15) is 0 Å². The Morgan fingerprint density at radius 3 is 2.47 bits per heavy atom. The Morgan fingerprint density at radius 2 is 1.83 bits per heavy atom. The number of methoxy groups -OCH3 is 1. The lowest BCUT2D eigenvalue weighted by Gasteiger charge is -2.31. The molecule has 1 N–H and O–H groups in total. The van der Waals surface area contributed by atoms with Crippen molar-refractivity contribution in [2.75, 3.05) is 19.4 Å².